The van der Waals surface area contributed by atoms with Gasteiger partial charge in [-0.2, -0.15) is 0 Å². The summed E-state index contributed by atoms with van der Waals surface area (Å²) < 4.78 is 5.94. The lowest BCUT2D eigenvalue weighted by Gasteiger charge is -2.28. The number of nitrogens with one attached hydrogen (secondary N) is 1. The third kappa shape index (κ3) is 3.94. The third-order valence-corrected chi connectivity index (χ3v) is 4.10. The second-order valence-electron chi connectivity index (χ2n) is 6.06. The van der Waals surface area contributed by atoms with Gasteiger partial charge in [0.1, 0.15) is 0 Å². The molecule has 2 rings (SSSR count). The maximum atomic E-state index is 5.94. The molecule has 3 heteroatoms. The normalized spacial score (nSPS) is 36.4. The summed E-state index contributed by atoms with van der Waals surface area (Å²) >= 11 is 0. The molecule has 2 aliphatic rings. The molecule has 0 bridgehead atoms. The van der Waals surface area contributed by atoms with Gasteiger partial charge in [0.2, 0.25) is 0 Å². The van der Waals surface area contributed by atoms with Crippen molar-refractivity contribution in [3.63, 3.8) is 0 Å². The van der Waals surface area contributed by atoms with E-state index in [1.54, 1.807) is 0 Å². The van der Waals surface area contributed by atoms with E-state index in [1.807, 2.05) is 0 Å². The van der Waals surface area contributed by atoms with E-state index in [2.05, 4.69) is 31.0 Å². The van der Waals surface area contributed by atoms with E-state index >= 15 is 0 Å². The molecule has 2 heterocycles. The number of hydrogen-bond acceptors (Lipinski definition) is 3. The Kier molecular flexibility index (Phi) is 4.83. The van der Waals surface area contributed by atoms with Gasteiger partial charge >= 0.3 is 0 Å². The van der Waals surface area contributed by atoms with Crippen molar-refractivity contribution in [3.8, 4) is 0 Å². The lowest BCUT2D eigenvalue weighted by Crippen LogP contribution is -2.43. The summed E-state index contributed by atoms with van der Waals surface area (Å²) in [5.74, 6) is 0.721. The monoisotopic (exact) mass is 240 g/mol. The van der Waals surface area contributed by atoms with Crippen LogP contribution in [-0.4, -0.2) is 49.3 Å². The zero-order valence-corrected chi connectivity index (χ0v) is 11.6. The molecule has 0 aromatic rings. The second kappa shape index (κ2) is 6.17. The van der Waals surface area contributed by atoms with E-state index in [0.29, 0.717) is 18.2 Å². The first-order chi connectivity index (χ1) is 8.15. The largest absolute Gasteiger partial charge is 0.374 e. The molecule has 0 aromatic carbocycles. The van der Waals surface area contributed by atoms with Crippen molar-refractivity contribution >= 4 is 0 Å². The van der Waals surface area contributed by atoms with Crippen LogP contribution in [0.5, 0.6) is 0 Å². The summed E-state index contributed by atoms with van der Waals surface area (Å²) in [5.41, 5.74) is 0. The Hall–Kier alpha value is -0.120. The molecule has 100 valence electrons. The Balaban J connectivity index is 1.82. The fourth-order valence-electron chi connectivity index (χ4n) is 2.94. The summed E-state index contributed by atoms with van der Waals surface area (Å²) in [6, 6.07) is 0.649. The fourth-order valence-corrected chi connectivity index (χ4v) is 2.94. The smallest absolute Gasteiger partial charge is 0.0706 e. The molecular weight excluding hydrogens is 212 g/mol. The van der Waals surface area contributed by atoms with Gasteiger partial charge in [0.05, 0.1) is 12.2 Å². The molecular formula is C14H28N2O. The van der Waals surface area contributed by atoms with Gasteiger partial charge in [0, 0.05) is 19.1 Å². The van der Waals surface area contributed by atoms with Gasteiger partial charge in [0.15, 0.2) is 0 Å². The highest BCUT2D eigenvalue weighted by atomic mass is 16.5. The second-order valence-corrected chi connectivity index (χ2v) is 6.06. The SMILES string of the molecule is CC1CCC(CN2CCCNC(C(C)C)C2)O1. The number of rotatable bonds is 3. The van der Waals surface area contributed by atoms with Crippen molar-refractivity contribution in [2.75, 3.05) is 26.2 Å². The van der Waals surface area contributed by atoms with Crippen LogP contribution in [0, 0.1) is 5.92 Å². The molecule has 3 unspecified atom stereocenters. The first kappa shape index (κ1) is 13.3. The standard InChI is InChI=1S/C14H28N2O/c1-11(2)14-10-16(8-4-7-15-14)9-13-6-5-12(3)17-13/h11-15H,4-10H2,1-3H3. The maximum absolute atomic E-state index is 5.94. The summed E-state index contributed by atoms with van der Waals surface area (Å²) in [4.78, 5) is 2.60. The van der Waals surface area contributed by atoms with Gasteiger partial charge in [0.25, 0.3) is 0 Å². The van der Waals surface area contributed by atoms with Crippen LogP contribution in [0.3, 0.4) is 0 Å². The van der Waals surface area contributed by atoms with Crippen LogP contribution in [-0.2, 0) is 4.74 Å². The molecule has 2 saturated heterocycles. The summed E-state index contributed by atoms with van der Waals surface area (Å²) in [5, 5.41) is 3.66. The molecule has 17 heavy (non-hydrogen) atoms. The maximum Gasteiger partial charge on any atom is 0.0706 e. The number of ether oxygens (including phenoxy) is 1. The van der Waals surface area contributed by atoms with Crippen LogP contribution in [0.1, 0.15) is 40.0 Å². The third-order valence-electron chi connectivity index (χ3n) is 4.10. The predicted molar refractivity (Wildman–Crippen MR) is 71.3 cm³/mol. The molecule has 0 aliphatic carbocycles. The molecule has 3 nitrogen and oxygen atoms in total. The zero-order chi connectivity index (χ0) is 12.3. The van der Waals surface area contributed by atoms with Crippen molar-refractivity contribution in [1.82, 2.24) is 10.2 Å². The van der Waals surface area contributed by atoms with Crippen molar-refractivity contribution in [3.05, 3.63) is 0 Å². The summed E-state index contributed by atoms with van der Waals surface area (Å²) in [6.07, 6.45) is 4.72. The van der Waals surface area contributed by atoms with Crippen LogP contribution in [0.4, 0.5) is 0 Å². The minimum Gasteiger partial charge on any atom is -0.374 e. The first-order valence-electron chi connectivity index (χ1n) is 7.26. The Bertz CT molecular complexity index is 232. The van der Waals surface area contributed by atoms with Gasteiger partial charge in [-0.05, 0) is 45.2 Å². The minimum absolute atomic E-state index is 0.478. The van der Waals surface area contributed by atoms with Crippen molar-refractivity contribution < 1.29 is 4.74 Å². The van der Waals surface area contributed by atoms with E-state index < -0.39 is 0 Å². The lowest BCUT2D eigenvalue weighted by molar-refractivity contribution is 0.0303. The van der Waals surface area contributed by atoms with Gasteiger partial charge < -0.3 is 10.1 Å². The highest BCUT2D eigenvalue weighted by molar-refractivity contribution is 4.82. The molecule has 0 spiro atoms. The van der Waals surface area contributed by atoms with E-state index in [0.717, 1.165) is 12.5 Å². The Morgan fingerprint density at radius 2 is 2.18 bits per heavy atom. The summed E-state index contributed by atoms with van der Waals surface area (Å²) in [6.45, 7) is 11.5. The summed E-state index contributed by atoms with van der Waals surface area (Å²) in [7, 11) is 0. The quantitative estimate of drug-likeness (QED) is 0.815. The van der Waals surface area contributed by atoms with E-state index in [9.17, 15) is 0 Å². The first-order valence-corrected chi connectivity index (χ1v) is 7.26. The zero-order valence-electron chi connectivity index (χ0n) is 11.6. The average molecular weight is 240 g/mol. The molecule has 0 aromatic heterocycles. The molecule has 0 radical (unpaired) electrons. The Morgan fingerprint density at radius 1 is 1.35 bits per heavy atom. The molecule has 2 fully saturated rings. The van der Waals surface area contributed by atoms with Crippen LogP contribution in [0.25, 0.3) is 0 Å². The van der Waals surface area contributed by atoms with Gasteiger partial charge in [-0.25, -0.2) is 0 Å². The van der Waals surface area contributed by atoms with Gasteiger partial charge in [-0.15, -0.1) is 0 Å². The highest BCUT2D eigenvalue weighted by Crippen LogP contribution is 2.20. The van der Waals surface area contributed by atoms with Gasteiger partial charge in [-0.1, -0.05) is 13.8 Å². The topological polar surface area (TPSA) is 24.5 Å². The van der Waals surface area contributed by atoms with Crippen LogP contribution in [0.2, 0.25) is 0 Å². The average Bonchev–Trinajstić information content (AvgIpc) is 2.54. The van der Waals surface area contributed by atoms with Crippen molar-refractivity contribution in [2.24, 2.45) is 5.92 Å². The Labute approximate surface area is 106 Å². The van der Waals surface area contributed by atoms with Crippen molar-refractivity contribution in [1.29, 1.82) is 0 Å². The van der Waals surface area contributed by atoms with E-state index in [-0.39, 0.29) is 0 Å². The molecule has 3 atom stereocenters. The van der Waals surface area contributed by atoms with Crippen LogP contribution in [0.15, 0.2) is 0 Å². The number of hydrogen-bond donors (Lipinski definition) is 1. The predicted octanol–water partition coefficient (Wildman–Crippen LogP) is 1.87. The van der Waals surface area contributed by atoms with Crippen LogP contribution < -0.4 is 5.32 Å². The molecule has 0 amide bonds. The van der Waals surface area contributed by atoms with Crippen LogP contribution >= 0.6 is 0 Å². The van der Waals surface area contributed by atoms with Gasteiger partial charge in [-0.3, -0.25) is 4.90 Å². The highest BCUT2D eigenvalue weighted by Gasteiger charge is 2.26. The van der Waals surface area contributed by atoms with E-state index in [4.69, 9.17) is 4.74 Å². The fraction of sp³-hybridized carbons (Fsp3) is 1.00. The Morgan fingerprint density at radius 3 is 2.82 bits per heavy atom. The minimum atomic E-state index is 0.478. The number of nitrogens with zero attached hydrogens (tertiary/aromatic N) is 1. The van der Waals surface area contributed by atoms with Crippen molar-refractivity contribution in [2.45, 2.75) is 58.3 Å². The van der Waals surface area contributed by atoms with E-state index in [1.165, 1.54) is 38.9 Å². The molecule has 1 N–H and O–H groups in total. The lowest BCUT2D eigenvalue weighted by atomic mass is 10.0. The molecule has 2 aliphatic heterocycles. The molecule has 0 saturated carbocycles.